The van der Waals surface area contributed by atoms with Gasteiger partial charge >= 0.3 is 23.4 Å². The lowest BCUT2D eigenvalue weighted by atomic mass is 10.1. The number of aliphatic hydroxyl groups is 12. The number of carbonyl (C=O) groups is 4. The first kappa shape index (κ1) is 110. The number of urea groups is 2. The van der Waals surface area contributed by atoms with Gasteiger partial charge in [-0.3, -0.25) is 9.59 Å². The summed E-state index contributed by atoms with van der Waals surface area (Å²) in [5.41, 5.74) is -0.689. The molecule has 6 amide bonds. The van der Waals surface area contributed by atoms with Crippen LogP contribution >= 0.6 is 53.5 Å². The van der Waals surface area contributed by atoms with Gasteiger partial charge in [0.1, 0.15) is 102 Å². The summed E-state index contributed by atoms with van der Waals surface area (Å²) in [4.78, 5) is 76.4. The Balaban J connectivity index is 0.000000212. The lowest BCUT2D eigenvalue weighted by Crippen LogP contribution is -2.62. The van der Waals surface area contributed by atoms with Gasteiger partial charge < -0.3 is 115 Å². The van der Waals surface area contributed by atoms with E-state index in [1.165, 1.54) is 38.8 Å². The molecule has 0 aliphatic carbocycles. The minimum absolute atomic E-state index is 0.212. The van der Waals surface area contributed by atoms with Crippen LogP contribution in [0.5, 0.6) is 0 Å². The molecule has 1 aromatic heterocycles. The molecule has 47 heteroatoms. The van der Waals surface area contributed by atoms with Crippen LogP contribution in [0.1, 0.15) is 51.7 Å². The van der Waals surface area contributed by atoms with Gasteiger partial charge in [0.2, 0.25) is 30.3 Å². The predicted octanol–water partition coefficient (Wildman–Crippen LogP) is -2.35. The number of aliphatic hydroxyl groups excluding tert-OH is 12. The van der Waals surface area contributed by atoms with Crippen molar-refractivity contribution in [2.75, 3.05) is 124 Å². The number of nitrogens with one attached hydrogen (secondary N) is 7. The number of rotatable bonds is 24. The SMILES string of the molecule is C=C1NC(=O)C(C)=CN1[C@@H]1O[C@H](CCP(=C)(C)C)[C@@H](O)[C@H]1O.C=C1NC(=O)C=NN1[C@@H]1O[C@H](CCP(=C)(C)C)[C@@H](O)[C@H]1O.C=C1NC(=O)N(C)C=[N+]1[C@@H]1O[C@H](CCP(=C)(C)C)[C@@H](O)[C@H]1O.C=C1NC(=O)NC=[N+]1[C@@H]1O[C@H](CCP(=C)(C)C)[C@@H](O)[C@H]1O.C=C1NC(=S)C=CN1[C@@H]1O[C@H](CCP(=C)(C)C)[C@@H](O)[C@H]1O.C=P(C)(C)CC[C@H]1O[C@@H]([n+]2c[nH]c(=O)n(C)c2=O)[C@H](O)[C@@H]1O. The standard InChI is InChI=1S/C15H25N2O4P.C14H24N3O4P.C14H23N2O3PS.C13H22N3O5P.2C13H22N3O4P/c1-9-8-17(10(2)16-14(9)20)15-13(19)12(18)11(21-15)6-7-22(3,4)5;1-9-15-14(20)16(2)8-17(9)13-12(19)11(18)10(21-13)6-7-22(3,4)5;1-9-15-11(21)5-7-16(9)14-13(18)12(17)10(19-14)6-8-20(2,3)4;1-15-12(19)14-7-16(13(15)20)11-10(18)9(17)8(21-11)5-6-22(2,3)4;1-8-15-13(19)14-7-16(8)12-11(18)10(17)9(20-12)5-6-21(2,3)4;1-8-15-10(17)7-14-16(8)13-12(19)11(18)9(20-13)5-6-21(2,3)4/h8,11-13,15,18-19H,2-3,6-7H2,1,4-5H3,(H,16,20);8,10-13,18-19H,1,3,6-7H2,2,4-5H3;5,7,10,12-14,17-18H,1-2,6,8H2,3-4H3,(H,15,21);7-11,17-18H,2,5-6H2,1,3-4H3;7,9-12,17-18H,1-2,5-6H2,3-4H3,(H,15,19);7,9,11-13,18-19H,1-2,5-6H2,3-4H3,(H,15,17)/p+3/t11-,12-,13-,15-;10-,11-,12-,13-;10-,12-,13-,14-;8-,9-,10-,11-;9-,10-,11-,12-;9-,11-,12-,13-/m111111/s1. The van der Waals surface area contributed by atoms with E-state index in [2.05, 4.69) is 193 Å². The van der Waals surface area contributed by atoms with Gasteiger partial charge in [-0.1, -0.05) is 32.0 Å². The number of nitrogens with zero attached hydrogens (tertiary/aromatic N) is 9. The van der Waals surface area contributed by atoms with Crippen molar-refractivity contribution in [2.45, 2.75) is 193 Å². The molecule has 1 aromatic rings. The van der Waals surface area contributed by atoms with Crippen molar-refractivity contribution >= 4 is 139 Å². The minimum Gasteiger partial charge on any atom is -0.388 e. The largest absolute Gasteiger partial charge is 0.450 e. The number of thiocarbonyl (C=S) groups is 1. The van der Waals surface area contributed by atoms with Crippen LogP contribution in [0.15, 0.2) is 107 Å². The lowest BCUT2D eigenvalue weighted by Gasteiger charge is -2.34. The molecule has 11 aliphatic rings. The van der Waals surface area contributed by atoms with Crippen LogP contribution in [0, 0.1) is 0 Å². The van der Waals surface area contributed by atoms with Crippen molar-refractivity contribution in [1.29, 1.82) is 0 Å². The van der Waals surface area contributed by atoms with E-state index in [0.717, 1.165) is 58.6 Å². The fourth-order valence-electron chi connectivity index (χ4n) is 14.4. The first-order valence-corrected chi connectivity index (χ1v) is 60.5. The highest BCUT2D eigenvalue weighted by molar-refractivity contribution is 7.80. The normalized spacial score (nSPS) is 32.5. The van der Waals surface area contributed by atoms with E-state index in [0.29, 0.717) is 72.4 Å². The zero-order valence-corrected chi connectivity index (χ0v) is 82.7. The molecule has 12 rings (SSSR count). The van der Waals surface area contributed by atoms with Crippen LogP contribution in [0.4, 0.5) is 9.59 Å². The molecule has 24 atom stereocenters. The maximum atomic E-state index is 12.1. The van der Waals surface area contributed by atoms with Crippen LogP contribution in [0.3, 0.4) is 0 Å². The van der Waals surface area contributed by atoms with Gasteiger partial charge in [-0.2, -0.15) is 14.2 Å². The smallest absolute Gasteiger partial charge is 0.388 e. The van der Waals surface area contributed by atoms with E-state index in [-0.39, 0.29) is 29.8 Å². The average Bonchev–Trinajstić information content (AvgIpc) is 1.67. The number of amides is 6. The van der Waals surface area contributed by atoms with Crippen LogP contribution in [-0.4, -0.2) is 450 Å². The summed E-state index contributed by atoms with van der Waals surface area (Å²) in [6, 6.07) is -0.709. The number of hydrogen-bond donors (Lipinski definition) is 19. The molecule has 0 aromatic carbocycles. The van der Waals surface area contributed by atoms with Crippen LogP contribution < -0.4 is 47.8 Å². The lowest BCUT2D eigenvalue weighted by molar-refractivity contribution is -0.783. The average molecular weight is 1950 g/mol. The molecule has 0 spiro atoms. The van der Waals surface area contributed by atoms with E-state index in [4.69, 9.17) is 40.6 Å². The Kier molecular flexibility index (Phi) is 38.5. The van der Waals surface area contributed by atoms with E-state index < -0.39 is 200 Å². The summed E-state index contributed by atoms with van der Waals surface area (Å²) in [6.45, 7) is 38.4. The maximum absolute atomic E-state index is 12.1. The first-order chi connectivity index (χ1) is 59.4. The molecule has 11 aliphatic heterocycles. The van der Waals surface area contributed by atoms with Gasteiger partial charge in [0.05, 0.1) is 50.7 Å². The Labute approximate surface area is 760 Å². The summed E-state index contributed by atoms with van der Waals surface area (Å²) in [6.07, 6.45) is 23.8. The molecule has 0 radical (unpaired) electrons. The highest BCUT2D eigenvalue weighted by Gasteiger charge is 2.53. The van der Waals surface area contributed by atoms with Crippen LogP contribution in [0.2, 0.25) is 0 Å². The Bertz CT molecular complexity index is 4820. The molecule has 129 heavy (non-hydrogen) atoms. The quantitative estimate of drug-likeness (QED) is 0.0293. The number of hydrogen-bond acceptors (Lipinski definition) is 29. The second-order valence-electron chi connectivity index (χ2n) is 37.7. The second-order valence-corrected chi connectivity index (χ2v) is 64.0. The summed E-state index contributed by atoms with van der Waals surface area (Å²) < 4.78 is 39.6. The Hall–Kier alpha value is -6.35. The molecular weight excluding hydrogens is 1810 g/mol. The molecule has 0 unspecified atom stereocenters. The predicted molar refractivity (Wildman–Crippen MR) is 519 cm³/mol. The fourth-order valence-corrected chi connectivity index (χ4v) is 20.3. The van der Waals surface area contributed by atoms with Gasteiger partial charge in [-0.15, -0.1) is 79.1 Å². The second kappa shape index (κ2) is 45.3. The van der Waals surface area contributed by atoms with E-state index in [1.807, 2.05) is 0 Å². The number of ether oxygens (including phenoxy) is 6. The summed E-state index contributed by atoms with van der Waals surface area (Å²) >= 11 is 5.03. The fraction of sp³-hybridized carbons (Fsp3) is 0.622. The zero-order chi connectivity index (χ0) is 97.3. The van der Waals surface area contributed by atoms with E-state index in [1.54, 1.807) is 42.2 Å². The topological polar surface area (TPSA) is 529 Å². The third-order valence-corrected chi connectivity index (χ3v) is 31.1. The van der Waals surface area contributed by atoms with E-state index in [9.17, 15) is 90.0 Å². The Morgan fingerprint density at radius 3 is 1.22 bits per heavy atom. The molecule has 726 valence electrons. The highest BCUT2D eigenvalue weighted by atomic mass is 32.1. The minimum atomic E-state index is -1.27. The van der Waals surface area contributed by atoms with Crippen molar-refractivity contribution in [3.63, 3.8) is 0 Å². The molecule has 0 saturated carbocycles. The van der Waals surface area contributed by atoms with Crippen molar-refractivity contribution in [1.82, 2.24) is 61.2 Å². The third-order valence-electron chi connectivity index (χ3n) is 22.0. The number of carbonyl (C=O) groups excluding carboxylic acids is 4. The molecule has 6 saturated heterocycles. The van der Waals surface area contributed by atoms with Crippen molar-refractivity contribution in [2.24, 2.45) is 12.1 Å². The molecule has 12 heterocycles. The maximum Gasteiger partial charge on any atom is 0.450 e. The molecule has 40 nitrogen and oxygen atoms in total. The van der Waals surface area contributed by atoms with Gasteiger partial charge in [0.15, 0.2) is 37.7 Å². The Morgan fingerprint density at radius 1 is 0.450 bits per heavy atom. The van der Waals surface area contributed by atoms with Crippen LogP contribution in [-0.2, 0) is 45.1 Å². The zero-order valence-electron chi connectivity index (χ0n) is 76.5. The molecule has 6 fully saturated rings. The van der Waals surface area contributed by atoms with Gasteiger partial charge in [0, 0.05) is 18.0 Å². The van der Waals surface area contributed by atoms with E-state index >= 15 is 0 Å². The first-order valence-electron chi connectivity index (χ1n) is 41.7. The number of H-pyrrole nitrogens is 1. The monoisotopic (exact) mass is 1950 g/mol. The number of aromatic amines is 1. The van der Waals surface area contributed by atoms with Crippen molar-refractivity contribution in [3.05, 3.63) is 113 Å². The van der Waals surface area contributed by atoms with Gasteiger partial charge in [-0.05, 0) is 182 Å². The molecule has 0 bridgehead atoms. The van der Waals surface area contributed by atoms with Gasteiger partial charge in [-0.25, -0.2) is 59.2 Å². The summed E-state index contributed by atoms with van der Waals surface area (Å²) in [7, 11) is 2.91. The van der Waals surface area contributed by atoms with Crippen LogP contribution in [0.25, 0.3) is 0 Å². The number of hydrazone groups is 1. The van der Waals surface area contributed by atoms with Crippen molar-refractivity contribution in [3.8, 4) is 0 Å². The molecule has 19 N–H and O–H groups in total. The summed E-state index contributed by atoms with van der Waals surface area (Å²) in [5, 5.41) is 143. The third kappa shape index (κ3) is 30.8. The molecular formula is C82H141N16O24P6S+3. The highest BCUT2D eigenvalue weighted by Crippen LogP contribution is 2.45. The van der Waals surface area contributed by atoms with Crippen molar-refractivity contribution < 1.29 is 123 Å². The summed E-state index contributed by atoms with van der Waals surface area (Å²) in [5.74, 6) is 1.07. The Morgan fingerprint density at radius 2 is 0.814 bits per heavy atom. The number of aromatic nitrogens is 3. The van der Waals surface area contributed by atoms with Gasteiger partial charge in [0.25, 0.3) is 11.8 Å².